The van der Waals surface area contributed by atoms with Gasteiger partial charge in [0, 0.05) is 5.56 Å². The molecule has 5 nitrogen and oxygen atoms in total. The van der Waals surface area contributed by atoms with Gasteiger partial charge < -0.3 is 15.2 Å². The highest BCUT2D eigenvalue weighted by Gasteiger charge is 2.17. The van der Waals surface area contributed by atoms with Crippen molar-refractivity contribution < 1.29 is 14.3 Å². The molecule has 1 heterocycles. The van der Waals surface area contributed by atoms with E-state index < -0.39 is 5.97 Å². The number of nitrogen functional groups attached to an aromatic ring is 1. The van der Waals surface area contributed by atoms with Crippen molar-refractivity contribution in [1.29, 1.82) is 0 Å². The summed E-state index contributed by atoms with van der Waals surface area (Å²) in [7, 11) is 1.31. The van der Waals surface area contributed by atoms with Crippen LogP contribution >= 0.6 is 11.3 Å². The number of hydrogen-bond acceptors (Lipinski definition) is 6. The van der Waals surface area contributed by atoms with Crippen LogP contribution in [0, 0.1) is 0 Å². The van der Waals surface area contributed by atoms with Gasteiger partial charge >= 0.3 is 5.97 Å². The smallest absolute Gasteiger partial charge is 0.359 e. The van der Waals surface area contributed by atoms with E-state index in [1.54, 1.807) is 0 Å². The average Bonchev–Trinajstić information content (AvgIpc) is 2.86. The van der Waals surface area contributed by atoms with Gasteiger partial charge in [-0.05, 0) is 18.6 Å². The lowest BCUT2D eigenvalue weighted by molar-refractivity contribution is 0.0596. The topological polar surface area (TPSA) is 74.4 Å². The van der Waals surface area contributed by atoms with E-state index in [0.29, 0.717) is 16.6 Å². The first-order valence-electron chi connectivity index (χ1n) is 6.23. The minimum absolute atomic E-state index is 0.160. The van der Waals surface area contributed by atoms with E-state index in [-0.39, 0.29) is 5.69 Å². The van der Waals surface area contributed by atoms with Crippen molar-refractivity contribution in [3.8, 4) is 16.3 Å². The van der Waals surface area contributed by atoms with E-state index in [1.807, 2.05) is 31.2 Å². The first kappa shape index (κ1) is 14.3. The summed E-state index contributed by atoms with van der Waals surface area (Å²) in [6.45, 7) is 2.71. The predicted molar refractivity (Wildman–Crippen MR) is 79.1 cm³/mol. The molecule has 0 atom stereocenters. The van der Waals surface area contributed by atoms with Crippen LogP contribution < -0.4 is 10.5 Å². The van der Waals surface area contributed by atoms with Crippen LogP contribution in [0.2, 0.25) is 0 Å². The number of esters is 1. The molecule has 0 aliphatic carbocycles. The number of methoxy groups -OCH3 is 1. The van der Waals surface area contributed by atoms with Crippen molar-refractivity contribution in [2.75, 3.05) is 19.5 Å². The molecule has 0 saturated heterocycles. The molecule has 20 heavy (non-hydrogen) atoms. The van der Waals surface area contributed by atoms with Gasteiger partial charge in [-0.2, -0.15) is 0 Å². The number of anilines is 1. The number of nitrogens with zero attached hydrogens (tertiary/aromatic N) is 1. The van der Waals surface area contributed by atoms with Gasteiger partial charge in [0.1, 0.15) is 15.8 Å². The molecule has 0 spiro atoms. The van der Waals surface area contributed by atoms with Gasteiger partial charge in [-0.25, -0.2) is 9.78 Å². The molecule has 0 radical (unpaired) electrons. The number of benzene rings is 1. The Bertz CT molecular complexity index is 610. The molecule has 2 rings (SSSR count). The third kappa shape index (κ3) is 3.08. The maximum Gasteiger partial charge on any atom is 0.359 e. The maximum absolute atomic E-state index is 11.5. The number of carbonyl (C=O) groups is 1. The summed E-state index contributed by atoms with van der Waals surface area (Å²) < 4.78 is 10.2. The Balaban J connectivity index is 2.29. The number of hydrogen-bond donors (Lipinski definition) is 1. The van der Waals surface area contributed by atoms with Crippen molar-refractivity contribution in [3.05, 3.63) is 30.0 Å². The number of nitrogens with two attached hydrogens (primary N) is 1. The predicted octanol–water partition coefficient (Wildman–Crippen LogP) is 2.97. The highest BCUT2D eigenvalue weighted by Crippen LogP contribution is 2.32. The molecule has 0 bridgehead atoms. The third-order valence-electron chi connectivity index (χ3n) is 2.59. The highest BCUT2D eigenvalue weighted by molar-refractivity contribution is 7.19. The fourth-order valence-corrected chi connectivity index (χ4v) is 2.45. The lowest BCUT2D eigenvalue weighted by Crippen LogP contribution is -2.04. The van der Waals surface area contributed by atoms with Crippen LogP contribution in [0.15, 0.2) is 24.3 Å². The van der Waals surface area contributed by atoms with Crippen LogP contribution in [0.25, 0.3) is 10.6 Å². The first-order valence-corrected chi connectivity index (χ1v) is 7.05. The van der Waals surface area contributed by atoms with Crippen molar-refractivity contribution in [2.24, 2.45) is 0 Å². The van der Waals surface area contributed by atoms with Gasteiger partial charge in [-0.15, -0.1) is 0 Å². The zero-order valence-electron chi connectivity index (χ0n) is 11.4. The molecule has 2 N–H and O–H groups in total. The van der Waals surface area contributed by atoms with Crippen LogP contribution in [0.3, 0.4) is 0 Å². The average molecular weight is 292 g/mol. The highest BCUT2D eigenvalue weighted by atomic mass is 32.1. The Labute approximate surface area is 121 Å². The Morgan fingerprint density at radius 2 is 2.25 bits per heavy atom. The molecule has 106 valence electrons. The second-order valence-corrected chi connectivity index (χ2v) is 5.13. The maximum atomic E-state index is 11.5. The van der Waals surface area contributed by atoms with E-state index in [1.165, 1.54) is 18.4 Å². The Morgan fingerprint density at radius 1 is 1.45 bits per heavy atom. The monoisotopic (exact) mass is 292 g/mol. The molecule has 6 heteroatoms. The van der Waals surface area contributed by atoms with Crippen LogP contribution in [0.1, 0.15) is 23.8 Å². The Kier molecular flexibility index (Phi) is 4.57. The zero-order valence-corrected chi connectivity index (χ0v) is 12.2. The van der Waals surface area contributed by atoms with E-state index >= 15 is 0 Å². The second kappa shape index (κ2) is 6.38. The molecular formula is C14H16N2O3S. The standard InChI is InChI=1S/C14H16N2O3S/c1-3-7-19-10-6-4-5-9(8-10)13-16-11(12(15)20-13)14(17)18-2/h4-6,8H,3,7,15H2,1-2H3. The largest absolute Gasteiger partial charge is 0.494 e. The molecule has 0 amide bonds. The van der Waals surface area contributed by atoms with E-state index in [9.17, 15) is 4.79 Å². The normalized spacial score (nSPS) is 10.3. The summed E-state index contributed by atoms with van der Waals surface area (Å²) in [5.74, 6) is 0.251. The number of thiazole rings is 1. The van der Waals surface area contributed by atoms with Crippen molar-refractivity contribution in [3.63, 3.8) is 0 Å². The van der Waals surface area contributed by atoms with Gasteiger partial charge in [0.15, 0.2) is 5.69 Å². The van der Waals surface area contributed by atoms with Gasteiger partial charge in [-0.1, -0.05) is 30.4 Å². The summed E-state index contributed by atoms with van der Waals surface area (Å²) in [6.07, 6.45) is 0.945. The fourth-order valence-electron chi connectivity index (χ4n) is 1.64. The van der Waals surface area contributed by atoms with Gasteiger partial charge in [0.05, 0.1) is 13.7 Å². The van der Waals surface area contributed by atoms with Crippen LogP contribution in [-0.2, 0) is 4.74 Å². The molecule has 0 aliphatic rings. The lowest BCUT2D eigenvalue weighted by Gasteiger charge is -2.05. The summed E-state index contributed by atoms with van der Waals surface area (Å²) in [6, 6.07) is 7.56. The molecule has 0 aliphatic heterocycles. The number of aromatic nitrogens is 1. The quantitative estimate of drug-likeness (QED) is 0.857. The summed E-state index contributed by atoms with van der Waals surface area (Å²) in [5, 5.41) is 1.02. The number of ether oxygens (including phenoxy) is 2. The van der Waals surface area contributed by atoms with Crippen LogP contribution in [-0.4, -0.2) is 24.7 Å². The zero-order chi connectivity index (χ0) is 14.5. The first-order chi connectivity index (χ1) is 9.65. The minimum atomic E-state index is -0.525. The molecule has 0 saturated carbocycles. The number of rotatable bonds is 5. The van der Waals surface area contributed by atoms with Crippen molar-refractivity contribution in [2.45, 2.75) is 13.3 Å². The summed E-state index contributed by atoms with van der Waals surface area (Å²) in [5.41, 5.74) is 6.82. The minimum Gasteiger partial charge on any atom is -0.494 e. The van der Waals surface area contributed by atoms with Crippen molar-refractivity contribution >= 4 is 22.3 Å². The summed E-state index contributed by atoms with van der Waals surface area (Å²) in [4.78, 5) is 15.7. The Morgan fingerprint density at radius 3 is 2.95 bits per heavy atom. The van der Waals surface area contributed by atoms with E-state index in [2.05, 4.69) is 9.72 Å². The third-order valence-corrected chi connectivity index (χ3v) is 3.52. The van der Waals surface area contributed by atoms with Crippen molar-refractivity contribution in [1.82, 2.24) is 4.98 Å². The second-order valence-electron chi connectivity index (χ2n) is 4.10. The fraction of sp³-hybridized carbons (Fsp3) is 0.286. The van der Waals surface area contributed by atoms with Gasteiger partial charge in [0.2, 0.25) is 0 Å². The van der Waals surface area contributed by atoms with Crippen LogP contribution in [0.4, 0.5) is 5.00 Å². The molecule has 0 unspecified atom stereocenters. The van der Waals surface area contributed by atoms with E-state index in [4.69, 9.17) is 10.5 Å². The van der Waals surface area contributed by atoms with Gasteiger partial charge in [0.25, 0.3) is 0 Å². The molecule has 0 fully saturated rings. The lowest BCUT2D eigenvalue weighted by atomic mass is 10.2. The molecule has 1 aromatic carbocycles. The molecule has 1 aromatic heterocycles. The summed E-state index contributed by atoms with van der Waals surface area (Å²) >= 11 is 1.25. The SMILES string of the molecule is CCCOc1cccc(-c2nc(C(=O)OC)c(N)s2)c1. The van der Waals surface area contributed by atoms with E-state index in [0.717, 1.165) is 17.7 Å². The van der Waals surface area contributed by atoms with Gasteiger partial charge in [-0.3, -0.25) is 0 Å². The van der Waals surface area contributed by atoms with Crippen LogP contribution in [0.5, 0.6) is 5.75 Å². The molecular weight excluding hydrogens is 276 g/mol. The number of carbonyl (C=O) groups excluding carboxylic acids is 1. The Hall–Kier alpha value is -2.08. The molecule has 2 aromatic rings.